The van der Waals surface area contributed by atoms with Crippen LogP contribution in [0.5, 0.6) is 0 Å². The molecular weight excluding hydrogens is 404 g/mol. The van der Waals surface area contributed by atoms with Crippen LogP contribution in [-0.4, -0.2) is 16.0 Å². The van der Waals surface area contributed by atoms with Crippen molar-refractivity contribution >= 4 is 5.78 Å². The minimum Gasteiger partial charge on any atom is -0.294 e. The van der Waals surface area contributed by atoms with Crippen molar-refractivity contribution in [3.63, 3.8) is 0 Å². The first-order valence-corrected chi connectivity index (χ1v) is 11.9. The van der Waals surface area contributed by atoms with Crippen molar-refractivity contribution < 1.29 is 4.79 Å². The molecule has 0 bridgehead atoms. The van der Waals surface area contributed by atoms with Gasteiger partial charge in [-0.15, -0.1) is 5.10 Å². The number of aromatic nitrogens is 2. The maximum Gasteiger partial charge on any atom is 0.160 e. The lowest BCUT2D eigenvalue weighted by Crippen LogP contribution is -2.20. The molecule has 0 amide bonds. The van der Waals surface area contributed by atoms with Crippen LogP contribution in [0.15, 0.2) is 0 Å². The predicted octanol–water partition coefficient (Wildman–Crippen LogP) is 7.43. The van der Waals surface area contributed by atoms with Gasteiger partial charge in [0, 0.05) is 16.5 Å². The van der Waals surface area contributed by atoms with Crippen LogP contribution < -0.4 is 0 Å². The predicted molar refractivity (Wildman–Crippen MR) is 138 cm³/mol. The minimum atomic E-state index is -0.213. The number of benzene rings is 2. The van der Waals surface area contributed by atoms with Crippen molar-refractivity contribution in [3.05, 3.63) is 66.9 Å². The van der Waals surface area contributed by atoms with Crippen LogP contribution >= 0.6 is 0 Å². The largest absolute Gasteiger partial charge is 0.294 e. The molecule has 1 aliphatic carbocycles. The molecular formula is C30H36N2O. The van der Waals surface area contributed by atoms with Crippen LogP contribution in [0.2, 0.25) is 0 Å². The van der Waals surface area contributed by atoms with Gasteiger partial charge in [-0.05, 0) is 136 Å². The summed E-state index contributed by atoms with van der Waals surface area (Å²) >= 11 is 0. The van der Waals surface area contributed by atoms with Gasteiger partial charge in [0.15, 0.2) is 5.78 Å². The summed E-state index contributed by atoms with van der Waals surface area (Å²) in [5.74, 6) is 0.147. The van der Waals surface area contributed by atoms with Crippen molar-refractivity contribution in [2.75, 3.05) is 0 Å². The zero-order chi connectivity index (χ0) is 24.7. The molecule has 0 aliphatic heterocycles. The number of nitrogens with zero attached hydrogens (tertiary/aromatic N) is 2. The molecule has 33 heavy (non-hydrogen) atoms. The average molecular weight is 441 g/mol. The Kier molecular flexibility index (Phi) is 5.20. The van der Waals surface area contributed by atoms with Crippen LogP contribution in [0.25, 0.3) is 22.4 Å². The van der Waals surface area contributed by atoms with Gasteiger partial charge >= 0.3 is 0 Å². The van der Waals surface area contributed by atoms with Crippen LogP contribution in [0.1, 0.15) is 92.5 Å². The number of carbonyl (C=O) groups is 1. The van der Waals surface area contributed by atoms with Gasteiger partial charge < -0.3 is 0 Å². The van der Waals surface area contributed by atoms with Crippen molar-refractivity contribution in [1.29, 1.82) is 0 Å². The first-order valence-electron chi connectivity index (χ1n) is 11.9. The molecule has 172 valence electrons. The number of aryl methyl sites for hydroxylation is 1. The number of fused-ring (bicyclic) bond motifs is 3. The number of rotatable bonds is 2. The van der Waals surface area contributed by atoms with E-state index in [1.165, 1.54) is 61.2 Å². The Balaban J connectivity index is 2.19. The van der Waals surface area contributed by atoms with E-state index in [1.54, 1.807) is 6.92 Å². The second kappa shape index (κ2) is 7.35. The van der Waals surface area contributed by atoms with Crippen molar-refractivity contribution in [1.82, 2.24) is 10.2 Å². The highest BCUT2D eigenvalue weighted by Gasteiger charge is 2.43. The summed E-state index contributed by atoms with van der Waals surface area (Å²) in [5.41, 5.74) is 18.9. The molecule has 0 spiro atoms. The van der Waals surface area contributed by atoms with Gasteiger partial charge in [0.1, 0.15) is 0 Å². The molecule has 3 nitrogen and oxygen atoms in total. The van der Waals surface area contributed by atoms with Crippen LogP contribution in [0.3, 0.4) is 0 Å². The zero-order valence-corrected chi connectivity index (χ0v) is 22.3. The van der Waals surface area contributed by atoms with E-state index >= 15 is 0 Å². The maximum atomic E-state index is 12.6. The fraction of sp³-hybridized carbons (Fsp3) is 0.433. The topological polar surface area (TPSA) is 42.9 Å². The summed E-state index contributed by atoms with van der Waals surface area (Å²) in [6.07, 6.45) is 0. The highest BCUT2D eigenvalue weighted by Crippen LogP contribution is 2.57. The highest BCUT2D eigenvalue weighted by atomic mass is 16.1. The molecule has 0 fully saturated rings. The zero-order valence-electron chi connectivity index (χ0n) is 22.3. The van der Waals surface area contributed by atoms with E-state index in [4.69, 9.17) is 0 Å². The van der Waals surface area contributed by atoms with Crippen LogP contribution in [0.4, 0.5) is 0 Å². The number of hydrogen-bond donors (Lipinski definition) is 0. The number of ketones is 1. The lowest BCUT2D eigenvalue weighted by atomic mass is 9.75. The lowest BCUT2D eigenvalue weighted by Gasteiger charge is -2.28. The van der Waals surface area contributed by atoms with Gasteiger partial charge in [-0.1, -0.05) is 13.8 Å². The Morgan fingerprint density at radius 3 is 1.61 bits per heavy atom. The van der Waals surface area contributed by atoms with E-state index in [0.717, 1.165) is 28.1 Å². The van der Waals surface area contributed by atoms with Gasteiger partial charge in [-0.3, -0.25) is 4.79 Å². The molecule has 2 aromatic carbocycles. The van der Waals surface area contributed by atoms with Crippen LogP contribution in [-0.2, 0) is 5.41 Å². The minimum absolute atomic E-state index is 0.147. The Morgan fingerprint density at radius 2 is 1.06 bits per heavy atom. The molecule has 0 N–H and O–H groups in total. The summed E-state index contributed by atoms with van der Waals surface area (Å²) < 4.78 is 0. The molecule has 0 unspecified atom stereocenters. The molecule has 3 heteroatoms. The summed E-state index contributed by atoms with van der Waals surface area (Å²) in [7, 11) is 0. The quantitative estimate of drug-likeness (QED) is 0.389. The third kappa shape index (κ3) is 2.90. The smallest absolute Gasteiger partial charge is 0.160 e. The Hall–Kier alpha value is -2.81. The molecule has 3 aromatic rings. The van der Waals surface area contributed by atoms with Crippen molar-refractivity contribution in [2.24, 2.45) is 0 Å². The average Bonchev–Trinajstić information content (AvgIpc) is 2.98. The van der Waals surface area contributed by atoms with E-state index in [0.29, 0.717) is 0 Å². The lowest BCUT2D eigenvalue weighted by molar-refractivity contribution is 0.101. The third-order valence-electron chi connectivity index (χ3n) is 8.47. The summed E-state index contributed by atoms with van der Waals surface area (Å²) in [6.45, 7) is 25.7. The van der Waals surface area contributed by atoms with Gasteiger partial charge in [-0.25, -0.2) is 0 Å². The molecule has 4 rings (SSSR count). The first-order chi connectivity index (χ1) is 15.2. The molecule has 1 aromatic heterocycles. The summed E-state index contributed by atoms with van der Waals surface area (Å²) in [6, 6.07) is 0. The molecule has 0 saturated heterocycles. The number of hydrogen-bond acceptors (Lipinski definition) is 3. The monoisotopic (exact) mass is 440 g/mol. The SMILES string of the molecule is CC(=O)c1c(C)c(C)c2c(c1C)C(C)(C)c1c(C)c(-c3nnc(C)c(C)c3C)c(C)c(C)c1-2. The molecule has 0 atom stereocenters. The molecule has 1 heterocycles. The van der Waals surface area contributed by atoms with E-state index in [9.17, 15) is 4.79 Å². The van der Waals surface area contributed by atoms with Gasteiger partial charge in [0.2, 0.25) is 0 Å². The van der Waals surface area contributed by atoms with Crippen molar-refractivity contribution in [2.45, 2.75) is 88.5 Å². The summed E-state index contributed by atoms with van der Waals surface area (Å²) in [5, 5.41) is 9.17. The van der Waals surface area contributed by atoms with E-state index in [2.05, 4.69) is 79.4 Å². The van der Waals surface area contributed by atoms with Crippen molar-refractivity contribution in [3.8, 4) is 22.4 Å². The highest BCUT2D eigenvalue weighted by molar-refractivity contribution is 6.01. The standard InChI is InChI=1S/C30H36N2O/c1-13-18(6)29(32-31-21(13)9)24-15(3)17(5)26-25-16(4)14(2)23(22(10)33)19(7)27(25)30(11,12)28(26)20(24)8/h1-12H3. The Labute approximate surface area is 198 Å². The Morgan fingerprint density at radius 1 is 0.576 bits per heavy atom. The van der Waals surface area contributed by atoms with Gasteiger partial charge in [0.05, 0.1) is 11.4 Å². The molecule has 0 saturated carbocycles. The summed E-state index contributed by atoms with van der Waals surface area (Å²) in [4.78, 5) is 12.6. The van der Waals surface area contributed by atoms with Gasteiger partial charge in [0.25, 0.3) is 0 Å². The van der Waals surface area contributed by atoms with E-state index < -0.39 is 0 Å². The first kappa shape index (κ1) is 23.4. The van der Waals surface area contributed by atoms with E-state index in [-0.39, 0.29) is 11.2 Å². The fourth-order valence-corrected chi connectivity index (χ4v) is 6.47. The number of Topliss-reactive ketones (excluding diaryl/α,β-unsaturated/α-hetero) is 1. The fourth-order valence-electron chi connectivity index (χ4n) is 6.47. The van der Waals surface area contributed by atoms with Crippen LogP contribution in [0, 0.1) is 62.3 Å². The molecule has 1 aliphatic rings. The third-order valence-corrected chi connectivity index (χ3v) is 8.47. The second-order valence-corrected chi connectivity index (χ2v) is 10.6. The van der Waals surface area contributed by atoms with E-state index in [1.807, 2.05) is 6.92 Å². The maximum absolute atomic E-state index is 12.6. The Bertz CT molecular complexity index is 1390. The normalized spacial score (nSPS) is 13.8. The molecule has 0 radical (unpaired) electrons. The van der Waals surface area contributed by atoms with Gasteiger partial charge in [-0.2, -0.15) is 5.10 Å². The number of carbonyl (C=O) groups excluding carboxylic acids is 1. The second-order valence-electron chi connectivity index (χ2n) is 10.6.